The van der Waals surface area contributed by atoms with Gasteiger partial charge < -0.3 is 14.6 Å². The third-order valence-electron chi connectivity index (χ3n) is 3.00. The highest BCUT2D eigenvalue weighted by molar-refractivity contribution is 5.37. The fourth-order valence-electron chi connectivity index (χ4n) is 2.25. The molecule has 2 unspecified atom stereocenters. The molecule has 0 saturated heterocycles. The van der Waals surface area contributed by atoms with E-state index in [-0.39, 0.29) is 6.10 Å². The minimum atomic E-state index is -0.388. The molecule has 1 aliphatic rings. The maximum atomic E-state index is 9.76. The number of fused-ring (bicyclic) bond motifs is 1. The molecule has 0 aromatic heterocycles. The van der Waals surface area contributed by atoms with Crippen molar-refractivity contribution in [1.82, 2.24) is 0 Å². The molecule has 0 radical (unpaired) electrons. The molecule has 3 nitrogen and oxygen atoms in total. The molecule has 1 aromatic rings. The number of methoxy groups -OCH3 is 1. The van der Waals surface area contributed by atoms with E-state index in [2.05, 4.69) is 6.07 Å². The number of para-hydroxylation sites is 1. The van der Waals surface area contributed by atoms with Gasteiger partial charge in [-0.1, -0.05) is 18.2 Å². The predicted molar refractivity (Wildman–Crippen MR) is 61.8 cm³/mol. The number of benzene rings is 1. The Morgan fingerprint density at radius 3 is 3.12 bits per heavy atom. The van der Waals surface area contributed by atoms with Gasteiger partial charge in [0.25, 0.3) is 0 Å². The summed E-state index contributed by atoms with van der Waals surface area (Å²) >= 11 is 0. The SMILES string of the molecule is COCC(O)CC1CCOc2ccccc21. The molecule has 1 N–H and O–H groups in total. The Balaban J connectivity index is 2.07. The average Bonchev–Trinajstić information content (AvgIpc) is 2.30. The van der Waals surface area contributed by atoms with Crippen LogP contribution in [0, 0.1) is 0 Å². The summed E-state index contributed by atoms with van der Waals surface area (Å²) in [4.78, 5) is 0. The van der Waals surface area contributed by atoms with E-state index in [1.54, 1.807) is 7.11 Å². The zero-order chi connectivity index (χ0) is 11.4. The molecule has 2 rings (SSSR count). The van der Waals surface area contributed by atoms with Crippen LogP contribution in [0.5, 0.6) is 5.75 Å². The van der Waals surface area contributed by atoms with E-state index in [0.29, 0.717) is 12.5 Å². The van der Waals surface area contributed by atoms with E-state index in [0.717, 1.165) is 25.2 Å². The number of hydrogen-bond acceptors (Lipinski definition) is 3. The first-order valence-electron chi connectivity index (χ1n) is 5.70. The summed E-state index contributed by atoms with van der Waals surface area (Å²) in [7, 11) is 1.61. The van der Waals surface area contributed by atoms with Crippen molar-refractivity contribution in [2.45, 2.75) is 24.9 Å². The lowest BCUT2D eigenvalue weighted by molar-refractivity contribution is 0.0514. The first-order valence-corrected chi connectivity index (χ1v) is 5.70. The van der Waals surface area contributed by atoms with Crippen LogP contribution in [0.3, 0.4) is 0 Å². The van der Waals surface area contributed by atoms with Crippen molar-refractivity contribution in [2.24, 2.45) is 0 Å². The van der Waals surface area contributed by atoms with E-state index < -0.39 is 0 Å². The van der Waals surface area contributed by atoms with Gasteiger partial charge in [0.1, 0.15) is 5.75 Å². The minimum absolute atomic E-state index is 0.384. The normalized spacial score (nSPS) is 21.0. The third kappa shape index (κ3) is 2.54. The van der Waals surface area contributed by atoms with Gasteiger partial charge in [-0.15, -0.1) is 0 Å². The van der Waals surface area contributed by atoms with Crippen LogP contribution in [-0.4, -0.2) is 31.5 Å². The number of ether oxygens (including phenoxy) is 2. The smallest absolute Gasteiger partial charge is 0.122 e. The molecule has 0 spiro atoms. The summed E-state index contributed by atoms with van der Waals surface area (Å²) in [5.41, 5.74) is 1.21. The van der Waals surface area contributed by atoms with Crippen LogP contribution in [0.1, 0.15) is 24.3 Å². The molecule has 3 heteroatoms. The Hall–Kier alpha value is -1.06. The van der Waals surface area contributed by atoms with Gasteiger partial charge in [0.2, 0.25) is 0 Å². The van der Waals surface area contributed by atoms with Crippen LogP contribution in [0.4, 0.5) is 0 Å². The number of aliphatic hydroxyl groups excluding tert-OH is 1. The lowest BCUT2D eigenvalue weighted by atomic mass is 9.88. The highest BCUT2D eigenvalue weighted by Gasteiger charge is 2.23. The second-order valence-electron chi connectivity index (χ2n) is 4.22. The zero-order valence-corrected chi connectivity index (χ0v) is 9.56. The Morgan fingerprint density at radius 1 is 1.50 bits per heavy atom. The molecule has 0 bridgehead atoms. The van der Waals surface area contributed by atoms with Gasteiger partial charge >= 0.3 is 0 Å². The van der Waals surface area contributed by atoms with Crippen molar-refractivity contribution < 1.29 is 14.6 Å². The van der Waals surface area contributed by atoms with E-state index in [9.17, 15) is 5.11 Å². The average molecular weight is 222 g/mol. The minimum Gasteiger partial charge on any atom is -0.493 e. The van der Waals surface area contributed by atoms with E-state index >= 15 is 0 Å². The van der Waals surface area contributed by atoms with Crippen molar-refractivity contribution in [3.63, 3.8) is 0 Å². The zero-order valence-electron chi connectivity index (χ0n) is 9.56. The standard InChI is InChI=1S/C13H18O3/c1-15-9-11(14)8-10-6-7-16-13-5-3-2-4-12(10)13/h2-5,10-11,14H,6-9H2,1H3. The molecule has 0 aliphatic carbocycles. The maximum absolute atomic E-state index is 9.76. The van der Waals surface area contributed by atoms with Crippen LogP contribution in [0.25, 0.3) is 0 Å². The first-order chi connectivity index (χ1) is 7.81. The highest BCUT2D eigenvalue weighted by Crippen LogP contribution is 2.36. The van der Waals surface area contributed by atoms with Crippen molar-refractivity contribution in [3.8, 4) is 5.75 Å². The lowest BCUT2D eigenvalue weighted by Crippen LogP contribution is -2.22. The molecular weight excluding hydrogens is 204 g/mol. The van der Waals surface area contributed by atoms with Gasteiger partial charge in [0.15, 0.2) is 0 Å². The van der Waals surface area contributed by atoms with Gasteiger partial charge in [-0.05, 0) is 30.4 Å². The summed E-state index contributed by atoms with van der Waals surface area (Å²) < 4.78 is 10.5. The van der Waals surface area contributed by atoms with Gasteiger partial charge in [-0.3, -0.25) is 0 Å². The Labute approximate surface area is 96.0 Å². The topological polar surface area (TPSA) is 38.7 Å². The molecule has 1 aliphatic heterocycles. The Bertz CT molecular complexity index is 338. The van der Waals surface area contributed by atoms with Crippen LogP contribution in [0.2, 0.25) is 0 Å². The second-order valence-corrected chi connectivity index (χ2v) is 4.22. The molecular formula is C13H18O3. The molecule has 0 amide bonds. The van der Waals surface area contributed by atoms with Crippen LogP contribution >= 0.6 is 0 Å². The molecule has 0 fully saturated rings. The molecule has 16 heavy (non-hydrogen) atoms. The molecule has 88 valence electrons. The number of rotatable bonds is 4. The van der Waals surface area contributed by atoms with Crippen LogP contribution in [-0.2, 0) is 4.74 Å². The van der Waals surface area contributed by atoms with Crippen molar-refractivity contribution in [1.29, 1.82) is 0 Å². The Morgan fingerprint density at radius 2 is 2.31 bits per heavy atom. The van der Waals surface area contributed by atoms with E-state index in [1.165, 1.54) is 5.56 Å². The van der Waals surface area contributed by atoms with Crippen molar-refractivity contribution in [2.75, 3.05) is 20.3 Å². The van der Waals surface area contributed by atoms with Crippen LogP contribution < -0.4 is 4.74 Å². The van der Waals surface area contributed by atoms with Crippen molar-refractivity contribution >= 4 is 0 Å². The summed E-state index contributed by atoms with van der Waals surface area (Å²) in [6.07, 6.45) is 1.33. The summed E-state index contributed by atoms with van der Waals surface area (Å²) in [6.45, 7) is 1.14. The second kappa shape index (κ2) is 5.32. The predicted octanol–water partition coefficient (Wildman–Crippen LogP) is 1.95. The Kier molecular flexibility index (Phi) is 3.80. The third-order valence-corrected chi connectivity index (χ3v) is 3.00. The van der Waals surface area contributed by atoms with Gasteiger partial charge in [0, 0.05) is 7.11 Å². The van der Waals surface area contributed by atoms with Gasteiger partial charge in [-0.25, -0.2) is 0 Å². The fourth-order valence-corrected chi connectivity index (χ4v) is 2.25. The monoisotopic (exact) mass is 222 g/mol. The largest absolute Gasteiger partial charge is 0.493 e. The van der Waals surface area contributed by atoms with Gasteiger partial charge in [0.05, 0.1) is 19.3 Å². The number of aliphatic hydroxyl groups is 1. The van der Waals surface area contributed by atoms with Gasteiger partial charge in [-0.2, -0.15) is 0 Å². The fraction of sp³-hybridized carbons (Fsp3) is 0.538. The highest BCUT2D eigenvalue weighted by atomic mass is 16.5. The summed E-state index contributed by atoms with van der Waals surface area (Å²) in [6, 6.07) is 8.07. The molecule has 0 saturated carbocycles. The van der Waals surface area contributed by atoms with Crippen molar-refractivity contribution in [3.05, 3.63) is 29.8 Å². The van der Waals surface area contributed by atoms with Crippen LogP contribution in [0.15, 0.2) is 24.3 Å². The number of hydrogen-bond donors (Lipinski definition) is 1. The molecule has 1 heterocycles. The summed E-state index contributed by atoms with van der Waals surface area (Å²) in [5, 5.41) is 9.76. The maximum Gasteiger partial charge on any atom is 0.122 e. The van der Waals surface area contributed by atoms with E-state index in [1.807, 2.05) is 18.2 Å². The molecule has 1 aromatic carbocycles. The molecule has 2 atom stereocenters. The quantitative estimate of drug-likeness (QED) is 0.846. The lowest BCUT2D eigenvalue weighted by Gasteiger charge is -2.27. The first kappa shape index (κ1) is 11.4. The van der Waals surface area contributed by atoms with E-state index in [4.69, 9.17) is 9.47 Å². The summed E-state index contributed by atoms with van der Waals surface area (Å²) in [5.74, 6) is 1.35.